The molecule has 1 nitrogen and oxygen atoms in total. The van der Waals surface area contributed by atoms with E-state index in [9.17, 15) is 0 Å². The van der Waals surface area contributed by atoms with E-state index in [-0.39, 0.29) is 5.41 Å². The summed E-state index contributed by atoms with van der Waals surface area (Å²) in [5.41, 5.74) is 5.14. The minimum atomic E-state index is -0.816. The molecule has 0 amide bonds. The van der Waals surface area contributed by atoms with E-state index in [1.807, 2.05) is 0 Å². The third-order valence-corrected chi connectivity index (χ3v) is 6.48. The summed E-state index contributed by atoms with van der Waals surface area (Å²) < 4.78 is 5.73. The first-order valence-corrected chi connectivity index (χ1v) is 10.5. The molecular weight excluding hydrogens is 240 g/mol. The summed E-state index contributed by atoms with van der Waals surface area (Å²) in [7, 11) is -1.25. The van der Waals surface area contributed by atoms with Crippen LogP contribution < -0.4 is 0 Å². The fourth-order valence-corrected chi connectivity index (χ4v) is 3.88. The third kappa shape index (κ3) is 5.48. The largest absolute Gasteiger partial charge is 0.460 e. The molecular formula is C14H24OSi2. The Morgan fingerprint density at radius 1 is 1.12 bits per heavy atom. The monoisotopic (exact) mass is 264 g/mol. The average Bonchev–Trinajstić information content (AvgIpc) is 2.23. The molecule has 1 rings (SSSR count). The van der Waals surface area contributed by atoms with Crippen molar-refractivity contribution in [3.8, 4) is 0 Å². The summed E-state index contributed by atoms with van der Waals surface area (Å²) in [6.45, 7) is 11.2. The lowest BCUT2D eigenvalue weighted by atomic mass is 9.87. The van der Waals surface area contributed by atoms with Crippen molar-refractivity contribution in [1.82, 2.24) is 0 Å². The van der Waals surface area contributed by atoms with E-state index in [1.54, 1.807) is 0 Å². The van der Waals surface area contributed by atoms with Gasteiger partial charge in [0.25, 0.3) is 0 Å². The van der Waals surface area contributed by atoms with Gasteiger partial charge >= 0.3 is 0 Å². The van der Waals surface area contributed by atoms with Crippen LogP contribution in [0.15, 0.2) is 30.0 Å². The number of hydrogen-bond donors (Lipinski definition) is 0. The molecule has 0 fully saturated rings. The van der Waals surface area contributed by atoms with E-state index in [1.165, 1.54) is 11.1 Å². The molecule has 0 saturated carbocycles. The van der Waals surface area contributed by atoms with Crippen molar-refractivity contribution in [3.63, 3.8) is 0 Å². The van der Waals surface area contributed by atoms with E-state index < -0.39 is 18.8 Å². The van der Waals surface area contributed by atoms with Gasteiger partial charge in [-0.05, 0) is 29.6 Å². The molecule has 1 aromatic rings. The minimum absolute atomic E-state index is 0.239. The molecule has 0 heterocycles. The smallest absolute Gasteiger partial charge is 0.171 e. The van der Waals surface area contributed by atoms with Gasteiger partial charge in [-0.25, -0.2) is 0 Å². The molecule has 0 aliphatic carbocycles. The fraction of sp³-hybridized carbons (Fsp3) is 0.429. The summed E-state index contributed by atoms with van der Waals surface area (Å²) in [6, 6.07) is 8.83. The van der Waals surface area contributed by atoms with Crippen molar-refractivity contribution >= 4 is 24.9 Å². The number of hydrogen-bond acceptors (Lipinski definition) is 1. The Hall–Kier alpha value is -0.646. The second kappa shape index (κ2) is 6.33. The standard InChI is InChI=1S/C14H24OSi2/c1-14(2,3)13-8-6-12(7-9-13)10-11-16-15-17(4)5/h6-11,17H,16H2,1-5H3. The van der Waals surface area contributed by atoms with Crippen molar-refractivity contribution in [2.75, 3.05) is 0 Å². The average molecular weight is 265 g/mol. The Morgan fingerprint density at radius 2 is 1.71 bits per heavy atom. The summed E-state index contributed by atoms with van der Waals surface area (Å²) in [5, 5.41) is 0. The summed E-state index contributed by atoms with van der Waals surface area (Å²) in [6.07, 6.45) is 2.19. The van der Waals surface area contributed by atoms with Crippen LogP contribution in [0.25, 0.3) is 6.08 Å². The molecule has 17 heavy (non-hydrogen) atoms. The fourth-order valence-electron chi connectivity index (χ4n) is 1.53. The Balaban J connectivity index is 2.57. The van der Waals surface area contributed by atoms with E-state index >= 15 is 0 Å². The topological polar surface area (TPSA) is 9.23 Å². The van der Waals surface area contributed by atoms with Gasteiger partial charge in [-0.15, -0.1) is 0 Å². The number of benzene rings is 1. The lowest BCUT2D eigenvalue weighted by molar-refractivity contribution is 0.590. The van der Waals surface area contributed by atoms with Gasteiger partial charge in [0.1, 0.15) is 0 Å². The van der Waals surface area contributed by atoms with Gasteiger partial charge in [0.05, 0.1) is 0 Å². The zero-order valence-electron chi connectivity index (χ0n) is 11.7. The molecule has 0 radical (unpaired) electrons. The molecule has 0 atom stereocenters. The van der Waals surface area contributed by atoms with Gasteiger partial charge in [-0.2, -0.15) is 0 Å². The number of rotatable bonds is 4. The van der Waals surface area contributed by atoms with Crippen molar-refractivity contribution in [2.45, 2.75) is 39.3 Å². The van der Waals surface area contributed by atoms with Crippen molar-refractivity contribution in [3.05, 3.63) is 41.1 Å². The molecule has 0 N–H and O–H groups in total. The highest BCUT2D eigenvalue weighted by Crippen LogP contribution is 2.22. The van der Waals surface area contributed by atoms with Gasteiger partial charge in [-0.3, -0.25) is 0 Å². The Morgan fingerprint density at radius 3 is 2.18 bits per heavy atom. The first-order valence-electron chi connectivity index (χ1n) is 6.28. The van der Waals surface area contributed by atoms with Crippen LogP contribution in [0, 0.1) is 0 Å². The van der Waals surface area contributed by atoms with Crippen LogP contribution in [0.5, 0.6) is 0 Å². The predicted octanol–water partition coefficient (Wildman–Crippen LogP) is 3.04. The normalized spacial score (nSPS) is 13.3. The highest BCUT2D eigenvalue weighted by atomic mass is 28.3. The van der Waals surface area contributed by atoms with Crippen molar-refractivity contribution in [1.29, 1.82) is 0 Å². The Bertz CT molecular complexity index is 361. The quantitative estimate of drug-likeness (QED) is 0.760. The maximum Gasteiger partial charge on any atom is 0.171 e. The van der Waals surface area contributed by atoms with E-state index in [2.05, 4.69) is 69.9 Å². The molecule has 0 unspecified atom stereocenters. The van der Waals surface area contributed by atoms with Crippen LogP contribution >= 0.6 is 0 Å². The molecule has 0 spiro atoms. The van der Waals surface area contributed by atoms with Crippen LogP contribution in [0.2, 0.25) is 13.1 Å². The lowest BCUT2D eigenvalue weighted by Crippen LogP contribution is -2.10. The van der Waals surface area contributed by atoms with E-state index in [4.69, 9.17) is 4.12 Å². The molecule has 0 bridgehead atoms. The van der Waals surface area contributed by atoms with Gasteiger partial charge in [0, 0.05) is 0 Å². The molecule has 0 aromatic heterocycles. The zero-order valence-corrected chi connectivity index (χ0v) is 14.2. The first-order chi connectivity index (χ1) is 7.89. The van der Waals surface area contributed by atoms with Gasteiger partial charge in [0.2, 0.25) is 0 Å². The SMILES string of the molecule is C[SiH](C)O[SiH2]C=Cc1ccc(C(C)(C)C)cc1. The molecule has 1 aromatic carbocycles. The first kappa shape index (κ1) is 14.4. The van der Waals surface area contributed by atoms with E-state index in [0.717, 1.165) is 0 Å². The van der Waals surface area contributed by atoms with Crippen LogP contribution in [-0.4, -0.2) is 18.8 Å². The molecule has 0 saturated heterocycles. The van der Waals surface area contributed by atoms with Crippen molar-refractivity contribution in [2.24, 2.45) is 0 Å². The van der Waals surface area contributed by atoms with Crippen LogP contribution in [0.4, 0.5) is 0 Å². The van der Waals surface area contributed by atoms with Gasteiger partial charge in [0.15, 0.2) is 18.8 Å². The van der Waals surface area contributed by atoms with Crippen LogP contribution in [0.3, 0.4) is 0 Å². The second-order valence-electron chi connectivity index (χ2n) is 5.66. The van der Waals surface area contributed by atoms with Gasteiger partial charge < -0.3 is 4.12 Å². The molecule has 0 aliphatic heterocycles. The highest BCUT2D eigenvalue weighted by Gasteiger charge is 2.12. The maximum atomic E-state index is 5.73. The molecule has 94 valence electrons. The predicted molar refractivity (Wildman–Crippen MR) is 82.7 cm³/mol. The Kier molecular flexibility index (Phi) is 5.37. The summed E-state index contributed by atoms with van der Waals surface area (Å²) >= 11 is 0. The van der Waals surface area contributed by atoms with Crippen molar-refractivity contribution < 1.29 is 4.12 Å². The molecule has 0 aliphatic rings. The summed E-state index contributed by atoms with van der Waals surface area (Å²) in [4.78, 5) is 0. The third-order valence-electron chi connectivity index (χ3n) is 2.61. The second-order valence-corrected chi connectivity index (χ2v) is 9.89. The minimum Gasteiger partial charge on any atom is -0.460 e. The summed E-state index contributed by atoms with van der Waals surface area (Å²) in [5.74, 6) is 0. The van der Waals surface area contributed by atoms with Crippen LogP contribution in [-0.2, 0) is 9.53 Å². The van der Waals surface area contributed by atoms with Crippen LogP contribution in [0.1, 0.15) is 31.9 Å². The zero-order chi connectivity index (χ0) is 12.9. The molecule has 3 heteroatoms. The highest BCUT2D eigenvalue weighted by molar-refractivity contribution is 6.57. The Labute approximate surface area is 110 Å². The van der Waals surface area contributed by atoms with E-state index in [0.29, 0.717) is 0 Å². The maximum absolute atomic E-state index is 5.73. The lowest BCUT2D eigenvalue weighted by Gasteiger charge is -2.18. The van der Waals surface area contributed by atoms with Gasteiger partial charge in [-0.1, -0.05) is 56.8 Å².